The van der Waals surface area contributed by atoms with Crippen LogP contribution in [0.2, 0.25) is 0 Å². The molecule has 1 rings (SSSR count). The van der Waals surface area contributed by atoms with E-state index in [1.807, 2.05) is 0 Å². The van der Waals surface area contributed by atoms with E-state index in [0.717, 1.165) is 5.56 Å². The molecule has 0 heterocycles. The molecule has 0 unspecified atom stereocenters. The Labute approximate surface area is 91.9 Å². The summed E-state index contributed by atoms with van der Waals surface area (Å²) in [6.07, 6.45) is -0.658. The molecule has 0 spiro atoms. The van der Waals surface area contributed by atoms with Gasteiger partial charge in [0.2, 0.25) is 0 Å². The molecule has 0 radical (unpaired) electrons. The zero-order chi connectivity index (χ0) is 12.2. The van der Waals surface area contributed by atoms with Crippen LogP contribution in [-0.4, -0.2) is 17.0 Å². The van der Waals surface area contributed by atoms with Gasteiger partial charge in [0.1, 0.15) is 0 Å². The van der Waals surface area contributed by atoms with Gasteiger partial charge in [-0.25, -0.2) is 4.79 Å². The number of halogens is 2. The van der Waals surface area contributed by atoms with Gasteiger partial charge in [-0.2, -0.15) is 8.78 Å². The molecule has 0 amide bonds. The summed E-state index contributed by atoms with van der Waals surface area (Å²) in [7, 11) is 0. The summed E-state index contributed by atoms with van der Waals surface area (Å²) in [5.74, 6) is -5.74. The van der Waals surface area contributed by atoms with Crippen molar-refractivity contribution >= 4 is 5.97 Å². The average molecular weight is 229 g/mol. The molecule has 0 aliphatic carbocycles. The molecule has 0 aliphatic rings. The highest BCUT2D eigenvalue weighted by Crippen LogP contribution is 2.21. The number of aliphatic carboxylic acids is 1. The van der Waals surface area contributed by atoms with Gasteiger partial charge in [-0.3, -0.25) is 0 Å². The first-order valence-electron chi connectivity index (χ1n) is 4.85. The van der Waals surface area contributed by atoms with Gasteiger partial charge in [0.25, 0.3) is 0 Å². The molecule has 88 valence electrons. The van der Waals surface area contributed by atoms with Crippen LogP contribution in [0, 0.1) is 0 Å². The zero-order valence-corrected chi connectivity index (χ0v) is 8.62. The van der Waals surface area contributed by atoms with Crippen LogP contribution >= 0.6 is 0 Å². The van der Waals surface area contributed by atoms with E-state index < -0.39 is 18.3 Å². The summed E-state index contributed by atoms with van der Waals surface area (Å²) in [6.45, 7) is 0.394. The molecule has 0 aromatic heterocycles. The normalized spacial score (nSPS) is 11.4. The third kappa shape index (κ3) is 3.27. The maximum atomic E-state index is 12.8. The lowest BCUT2D eigenvalue weighted by Crippen LogP contribution is -2.28. The van der Waals surface area contributed by atoms with Gasteiger partial charge in [-0.15, -0.1) is 0 Å². The monoisotopic (exact) mass is 229 g/mol. The average Bonchev–Trinajstić information content (AvgIpc) is 2.27. The molecule has 3 nitrogen and oxygen atoms in total. The summed E-state index contributed by atoms with van der Waals surface area (Å²) < 4.78 is 25.5. The number of nitrogens with two attached hydrogens (primary N) is 1. The van der Waals surface area contributed by atoms with Gasteiger partial charge in [0.05, 0.1) is 0 Å². The second-order valence-corrected chi connectivity index (χ2v) is 3.53. The second kappa shape index (κ2) is 5.03. The van der Waals surface area contributed by atoms with Crippen molar-refractivity contribution in [2.75, 3.05) is 0 Å². The molecule has 1 aromatic carbocycles. The van der Waals surface area contributed by atoms with E-state index in [1.165, 1.54) is 0 Å². The van der Waals surface area contributed by atoms with Crippen molar-refractivity contribution in [2.45, 2.75) is 25.3 Å². The minimum Gasteiger partial charge on any atom is -0.477 e. The molecule has 3 N–H and O–H groups in total. The van der Waals surface area contributed by atoms with Crippen LogP contribution in [0.4, 0.5) is 8.78 Å². The van der Waals surface area contributed by atoms with Crippen LogP contribution in [0.1, 0.15) is 17.5 Å². The first-order valence-corrected chi connectivity index (χ1v) is 4.85. The number of rotatable bonds is 5. The Kier molecular flexibility index (Phi) is 3.95. The molecule has 0 saturated heterocycles. The van der Waals surface area contributed by atoms with Gasteiger partial charge in [0, 0.05) is 13.0 Å². The zero-order valence-electron chi connectivity index (χ0n) is 8.62. The Bertz CT molecular complexity index is 363. The number of carboxylic acid groups (broad SMARTS) is 1. The van der Waals surface area contributed by atoms with E-state index in [0.29, 0.717) is 12.1 Å². The Morgan fingerprint density at radius 3 is 2.19 bits per heavy atom. The third-order valence-electron chi connectivity index (χ3n) is 2.30. The van der Waals surface area contributed by atoms with Crippen molar-refractivity contribution in [3.8, 4) is 0 Å². The molecule has 0 atom stereocenters. The summed E-state index contributed by atoms with van der Waals surface area (Å²) in [4.78, 5) is 10.2. The molecule has 0 saturated carbocycles. The number of aryl methyl sites for hydroxylation is 1. The molecule has 0 fully saturated rings. The predicted octanol–water partition coefficient (Wildman–Crippen LogP) is 1.80. The van der Waals surface area contributed by atoms with Crippen LogP contribution in [0.15, 0.2) is 24.3 Å². The smallest absolute Gasteiger partial charge is 0.374 e. The highest BCUT2D eigenvalue weighted by molar-refractivity contribution is 5.75. The van der Waals surface area contributed by atoms with Gasteiger partial charge >= 0.3 is 11.9 Å². The van der Waals surface area contributed by atoms with E-state index >= 15 is 0 Å². The maximum absolute atomic E-state index is 12.8. The Hall–Kier alpha value is -1.49. The molecular weight excluding hydrogens is 216 g/mol. The van der Waals surface area contributed by atoms with Crippen LogP contribution in [0.5, 0.6) is 0 Å². The lowest BCUT2D eigenvalue weighted by atomic mass is 10.0. The fourth-order valence-electron chi connectivity index (χ4n) is 1.25. The summed E-state index contributed by atoms with van der Waals surface area (Å²) in [6, 6.07) is 6.85. The number of hydrogen-bond acceptors (Lipinski definition) is 2. The van der Waals surface area contributed by atoms with Gasteiger partial charge < -0.3 is 10.8 Å². The number of carboxylic acids is 1. The topological polar surface area (TPSA) is 63.3 Å². The van der Waals surface area contributed by atoms with Crippen LogP contribution in [0.3, 0.4) is 0 Å². The summed E-state index contributed by atoms with van der Waals surface area (Å²) in [5.41, 5.74) is 6.97. The first kappa shape index (κ1) is 12.6. The Morgan fingerprint density at radius 2 is 1.75 bits per heavy atom. The number of benzene rings is 1. The number of carbonyl (C=O) groups is 1. The maximum Gasteiger partial charge on any atom is 0.374 e. The molecule has 5 heteroatoms. The first-order chi connectivity index (χ1) is 7.45. The third-order valence-corrected chi connectivity index (χ3v) is 2.30. The SMILES string of the molecule is NCc1ccc(CCC(F)(F)C(=O)O)cc1. The van der Waals surface area contributed by atoms with Crippen LogP contribution in [-0.2, 0) is 17.8 Å². The number of alkyl halides is 2. The van der Waals surface area contributed by atoms with E-state index in [4.69, 9.17) is 10.8 Å². The molecule has 0 bridgehead atoms. The van der Waals surface area contributed by atoms with Crippen molar-refractivity contribution in [2.24, 2.45) is 5.73 Å². The van der Waals surface area contributed by atoms with Gasteiger partial charge in [-0.05, 0) is 17.5 Å². The second-order valence-electron chi connectivity index (χ2n) is 3.53. The largest absolute Gasteiger partial charge is 0.477 e. The van der Waals surface area contributed by atoms with E-state index in [-0.39, 0.29) is 6.42 Å². The number of hydrogen-bond donors (Lipinski definition) is 2. The van der Waals surface area contributed by atoms with Crippen molar-refractivity contribution in [3.63, 3.8) is 0 Å². The minimum atomic E-state index is -3.66. The standard InChI is InChI=1S/C11H13F2NO2/c12-11(13,10(15)16)6-5-8-1-3-9(7-14)4-2-8/h1-4H,5-7,14H2,(H,15,16). The molecule has 16 heavy (non-hydrogen) atoms. The van der Waals surface area contributed by atoms with Crippen molar-refractivity contribution in [1.29, 1.82) is 0 Å². The molecule has 0 aliphatic heterocycles. The highest BCUT2D eigenvalue weighted by Gasteiger charge is 2.37. The van der Waals surface area contributed by atoms with Crippen molar-refractivity contribution in [3.05, 3.63) is 35.4 Å². The Morgan fingerprint density at radius 1 is 1.25 bits per heavy atom. The molecule has 1 aromatic rings. The van der Waals surface area contributed by atoms with Gasteiger partial charge in [0.15, 0.2) is 0 Å². The highest BCUT2D eigenvalue weighted by atomic mass is 19.3. The lowest BCUT2D eigenvalue weighted by Gasteiger charge is -2.10. The Balaban J connectivity index is 2.58. The van der Waals surface area contributed by atoms with Gasteiger partial charge in [-0.1, -0.05) is 24.3 Å². The predicted molar refractivity (Wildman–Crippen MR) is 55.2 cm³/mol. The molecular formula is C11H13F2NO2. The fourth-order valence-corrected chi connectivity index (χ4v) is 1.25. The van der Waals surface area contributed by atoms with Crippen LogP contribution < -0.4 is 5.73 Å². The van der Waals surface area contributed by atoms with E-state index in [2.05, 4.69) is 0 Å². The van der Waals surface area contributed by atoms with E-state index in [9.17, 15) is 13.6 Å². The van der Waals surface area contributed by atoms with Crippen molar-refractivity contribution in [1.82, 2.24) is 0 Å². The van der Waals surface area contributed by atoms with Crippen LogP contribution in [0.25, 0.3) is 0 Å². The van der Waals surface area contributed by atoms with E-state index in [1.54, 1.807) is 24.3 Å². The quantitative estimate of drug-likeness (QED) is 0.809. The fraction of sp³-hybridized carbons (Fsp3) is 0.364. The minimum absolute atomic E-state index is 0.0319. The summed E-state index contributed by atoms with van der Waals surface area (Å²) in [5, 5.41) is 8.23. The lowest BCUT2D eigenvalue weighted by molar-refractivity contribution is -0.165. The van der Waals surface area contributed by atoms with Crippen molar-refractivity contribution < 1.29 is 18.7 Å². The summed E-state index contributed by atoms with van der Waals surface area (Å²) >= 11 is 0.